The van der Waals surface area contributed by atoms with Crippen molar-refractivity contribution in [1.29, 1.82) is 0 Å². The highest BCUT2D eigenvalue weighted by Gasteiger charge is 2.23. The van der Waals surface area contributed by atoms with E-state index in [1.165, 1.54) is 83.5 Å². The van der Waals surface area contributed by atoms with Gasteiger partial charge in [-0.2, -0.15) is 4.73 Å². The molecule has 0 atom stereocenters. The largest absolute Gasteiger partial charge is 0.488 e. The number of anilines is 4. The molecule has 0 aliphatic heterocycles. The monoisotopic (exact) mass is 942 g/mol. The van der Waals surface area contributed by atoms with Crippen LogP contribution in [0.2, 0.25) is 0 Å². The van der Waals surface area contributed by atoms with Crippen molar-refractivity contribution >= 4 is 69.7 Å². The second-order valence-electron chi connectivity index (χ2n) is 17.3. The van der Waals surface area contributed by atoms with E-state index in [1.54, 1.807) is 25.0 Å². The predicted molar refractivity (Wildman–Crippen MR) is 275 cm³/mol. The lowest BCUT2D eigenvalue weighted by atomic mass is 10.0. The lowest BCUT2D eigenvalue weighted by molar-refractivity contribution is 0.109. The second kappa shape index (κ2) is 28.6. The van der Waals surface area contributed by atoms with E-state index in [0.717, 1.165) is 67.0 Å². The van der Waals surface area contributed by atoms with Crippen molar-refractivity contribution < 1.29 is 14.1 Å². The van der Waals surface area contributed by atoms with E-state index in [2.05, 4.69) is 34.8 Å². The third-order valence-electron chi connectivity index (χ3n) is 11.6. The molecule has 0 saturated heterocycles. The summed E-state index contributed by atoms with van der Waals surface area (Å²) in [6.45, 7) is 14.2. The molecule has 2 aromatic heterocycles. The zero-order chi connectivity index (χ0) is 46.5. The van der Waals surface area contributed by atoms with Crippen LogP contribution in [-0.4, -0.2) is 60.9 Å². The molecule has 5 aromatic rings. The summed E-state index contributed by atoms with van der Waals surface area (Å²) in [4.78, 5) is 62.1. The van der Waals surface area contributed by atoms with Crippen LogP contribution in [-0.2, 0) is 11.0 Å². The van der Waals surface area contributed by atoms with Crippen LogP contribution in [0.4, 0.5) is 22.9 Å². The van der Waals surface area contributed by atoms with Crippen molar-refractivity contribution in [2.45, 2.75) is 156 Å². The summed E-state index contributed by atoms with van der Waals surface area (Å²) in [5.41, 5.74) is 7.73. The third-order valence-corrected chi connectivity index (χ3v) is 13.1. The fourth-order valence-electron chi connectivity index (χ4n) is 7.86. The Kier molecular flexibility index (Phi) is 24.1. The molecule has 0 saturated carbocycles. The summed E-state index contributed by atoms with van der Waals surface area (Å²) in [6, 6.07) is 5.68. The van der Waals surface area contributed by atoms with Gasteiger partial charge in [-0.25, -0.2) is 9.97 Å². The molecule has 5 rings (SSSR count). The summed E-state index contributed by atoms with van der Waals surface area (Å²) in [5.74, 6) is 1.30. The topological polar surface area (TPSA) is 197 Å². The molecule has 14 nitrogen and oxygen atoms in total. The number of halogens is 1. The lowest BCUT2D eigenvalue weighted by Crippen LogP contribution is -2.37. The van der Waals surface area contributed by atoms with Crippen LogP contribution in [0.3, 0.4) is 0 Å². The molecular weight excluding hydrogens is 865 g/mol. The maximum atomic E-state index is 12.8. The van der Waals surface area contributed by atoms with Gasteiger partial charge in [-0.3, -0.25) is 19.2 Å². The predicted octanol–water partition coefficient (Wildman–Crippen LogP) is 9.49. The molecule has 0 fully saturated rings. The summed E-state index contributed by atoms with van der Waals surface area (Å²) < 4.78 is 19.5. The van der Waals surface area contributed by atoms with Crippen molar-refractivity contribution in [2.24, 2.45) is 0 Å². The quantitative estimate of drug-likeness (QED) is 0.0181. The molecule has 0 unspecified atom stereocenters. The van der Waals surface area contributed by atoms with Crippen molar-refractivity contribution in [2.75, 3.05) is 67.9 Å². The standard InChI is InChI=1S/C41H65N6O4P.C8H11NO3.ClH/c1-5-7-9-10-11-12-13-14-15-16-17-18-19-20-21-27-43-35-36(40(49)39(35)48)44-28-22-23-29-51-47-34(24-8-6-2)46-37-38(47)32-26-25-31(52(3,4)50)30-33(32)45-41(37)42;1-3-9-5-6(10)7(11)8(5)12-4-2;/h25-26,30,43-44H,5-24,27-29H2,1-4H3,(H2,42,45);9H,3-4H2,1-2H3;1H. The number of pyridine rings is 1. The summed E-state index contributed by atoms with van der Waals surface area (Å²) in [5, 5.41) is 10.8. The van der Waals surface area contributed by atoms with Gasteiger partial charge in [0.15, 0.2) is 11.6 Å². The first-order valence-electron chi connectivity index (χ1n) is 24.2. The molecule has 362 valence electrons. The van der Waals surface area contributed by atoms with Crippen molar-refractivity contribution in [3.8, 4) is 5.75 Å². The highest BCUT2D eigenvalue weighted by atomic mass is 35.5. The Bertz CT molecular complexity index is 2360. The maximum absolute atomic E-state index is 12.8. The second-order valence-corrected chi connectivity index (χ2v) is 20.5. The minimum absolute atomic E-state index is 0. The van der Waals surface area contributed by atoms with Gasteiger partial charge in [0, 0.05) is 36.7 Å². The molecule has 0 radical (unpaired) electrons. The Morgan fingerprint density at radius 2 is 1.17 bits per heavy atom. The number of benzene rings is 1. The number of nitrogens with one attached hydrogen (secondary N) is 3. The highest BCUT2D eigenvalue weighted by Crippen LogP contribution is 2.37. The van der Waals surface area contributed by atoms with Gasteiger partial charge in [0.25, 0.3) is 21.7 Å². The average molecular weight is 943 g/mol. The Hall–Kier alpha value is -4.42. The van der Waals surface area contributed by atoms with E-state index >= 15 is 0 Å². The van der Waals surface area contributed by atoms with Crippen molar-refractivity contribution in [1.82, 2.24) is 14.7 Å². The number of hydrogen-bond acceptors (Lipinski definition) is 13. The van der Waals surface area contributed by atoms with Crippen molar-refractivity contribution in [3.05, 3.63) is 64.9 Å². The van der Waals surface area contributed by atoms with Crippen LogP contribution in [0.15, 0.2) is 37.4 Å². The fourth-order valence-corrected chi connectivity index (χ4v) is 8.72. The zero-order valence-corrected chi connectivity index (χ0v) is 41.8. The molecule has 2 heterocycles. The Morgan fingerprint density at radius 3 is 1.69 bits per heavy atom. The number of hydrogen-bond donors (Lipinski definition) is 4. The van der Waals surface area contributed by atoms with Crippen LogP contribution in [0, 0.1) is 0 Å². The number of unbranched alkanes of at least 4 members (excludes halogenated alkanes) is 16. The van der Waals surface area contributed by atoms with Crippen LogP contribution in [0.1, 0.15) is 156 Å². The zero-order valence-electron chi connectivity index (χ0n) is 40.0. The van der Waals surface area contributed by atoms with Crippen LogP contribution in [0.5, 0.6) is 5.75 Å². The Morgan fingerprint density at radius 1 is 0.646 bits per heavy atom. The first kappa shape index (κ1) is 54.9. The van der Waals surface area contributed by atoms with Gasteiger partial charge in [-0.1, -0.05) is 116 Å². The molecule has 0 bridgehead atoms. The van der Waals surface area contributed by atoms with Crippen LogP contribution < -0.4 is 58.3 Å². The number of rotatable bonds is 32. The molecule has 3 aromatic carbocycles. The first-order valence-corrected chi connectivity index (χ1v) is 26.8. The fraction of sp³-hybridized carbons (Fsp3) is 0.633. The average Bonchev–Trinajstić information content (AvgIpc) is 3.66. The van der Waals surface area contributed by atoms with E-state index in [9.17, 15) is 23.7 Å². The van der Waals surface area contributed by atoms with Crippen LogP contribution in [0.25, 0.3) is 21.9 Å². The van der Waals surface area contributed by atoms with E-state index in [-0.39, 0.29) is 18.2 Å². The molecule has 0 spiro atoms. The number of aryl methyl sites for hydroxylation is 1. The van der Waals surface area contributed by atoms with Gasteiger partial charge in [-0.05, 0) is 65.0 Å². The number of ether oxygens (including phenoxy) is 1. The normalized spacial score (nSPS) is 11.5. The van der Waals surface area contributed by atoms with E-state index in [4.69, 9.17) is 20.3 Å². The number of imidazole rings is 1. The molecule has 0 aliphatic carbocycles. The van der Waals surface area contributed by atoms with E-state index in [0.29, 0.717) is 66.8 Å². The minimum atomic E-state index is -2.47. The number of fused-ring (bicyclic) bond motifs is 3. The van der Waals surface area contributed by atoms with Gasteiger partial charge in [-0.15, -0.1) is 12.4 Å². The van der Waals surface area contributed by atoms with E-state index < -0.39 is 28.9 Å². The SMILES string of the molecule is CCCCCCCCCCCCCCCCCNc1c(NCCCCOn2c(CCCC)nc3c(N)nc4cc(P(C)(C)=O)ccc4c32)c(=O)c1=O.CCNc1c(OCC)c(=O)c1=O.Cl. The van der Waals surface area contributed by atoms with Gasteiger partial charge in [0.1, 0.15) is 47.7 Å². The van der Waals surface area contributed by atoms with E-state index in [1.807, 2.05) is 25.1 Å². The van der Waals surface area contributed by atoms with Crippen molar-refractivity contribution in [3.63, 3.8) is 0 Å². The number of nitrogen functional groups attached to an aromatic ring is 1. The number of aromatic nitrogens is 3. The van der Waals surface area contributed by atoms with Gasteiger partial charge < -0.3 is 35.8 Å². The lowest BCUT2D eigenvalue weighted by Gasteiger charge is -2.15. The molecule has 0 amide bonds. The summed E-state index contributed by atoms with van der Waals surface area (Å²) in [7, 11) is -2.47. The highest BCUT2D eigenvalue weighted by molar-refractivity contribution is 7.70. The molecule has 65 heavy (non-hydrogen) atoms. The number of nitrogens with two attached hydrogens (primary N) is 1. The van der Waals surface area contributed by atoms with Gasteiger partial charge >= 0.3 is 0 Å². The first-order chi connectivity index (χ1) is 30.9. The molecule has 5 N–H and O–H groups in total. The molecule has 0 aliphatic rings. The Labute approximate surface area is 391 Å². The Balaban J connectivity index is 0.000000747. The molecular formula is C49H77ClN7O7P. The minimum Gasteiger partial charge on any atom is -0.488 e. The van der Waals surface area contributed by atoms with Gasteiger partial charge in [0.05, 0.1) is 12.1 Å². The number of nitrogens with zero attached hydrogens (tertiary/aromatic N) is 3. The summed E-state index contributed by atoms with van der Waals surface area (Å²) in [6.07, 6.45) is 23.9. The van der Waals surface area contributed by atoms with Gasteiger partial charge in [0.2, 0.25) is 0 Å². The van der Waals surface area contributed by atoms with Crippen LogP contribution >= 0.6 is 19.5 Å². The molecule has 16 heteroatoms. The summed E-state index contributed by atoms with van der Waals surface area (Å²) >= 11 is 0. The maximum Gasteiger partial charge on any atom is 0.272 e. The smallest absolute Gasteiger partial charge is 0.272 e. The third kappa shape index (κ3) is 15.9.